The van der Waals surface area contributed by atoms with Gasteiger partial charge in [0, 0.05) is 32.0 Å². The van der Waals surface area contributed by atoms with Gasteiger partial charge in [-0.1, -0.05) is 12.1 Å². The van der Waals surface area contributed by atoms with E-state index in [1.54, 1.807) is 0 Å². The van der Waals surface area contributed by atoms with Crippen LogP contribution in [0.1, 0.15) is 19.8 Å². The molecule has 1 aromatic carbocycles. The molecule has 1 fully saturated rings. The van der Waals surface area contributed by atoms with E-state index in [0.29, 0.717) is 19.7 Å². The van der Waals surface area contributed by atoms with Gasteiger partial charge in [-0.05, 0) is 38.4 Å². The number of hydrogen-bond acceptors (Lipinski definition) is 4. The summed E-state index contributed by atoms with van der Waals surface area (Å²) in [6, 6.07) is 7.64. The monoisotopic (exact) mass is 298 g/mol. The summed E-state index contributed by atoms with van der Waals surface area (Å²) in [7, 11) is 0. The van der Waals surface area contributed by atoms with E-state index in [1.807, 2.05) is 31.2 Å². The molecule has 115 valence electrons. The van der Waals surface area contributed by atoms with Crippen molar-refractivity contribution in [2.45, 2.75) is 25.9 Å². The van der Waals surface area contributed by atoms with Crippen LogP contribution in [0.4, 0.5) is 0 Å². The summed E-state index contributed by atoms with van der Waals surface area (Å²) in [5.74, 6) is 0.841. The minimum absolute atomic E-state index is 0. The summed E-state index contributed by atoms with van der Waals surface area (Å²) >= 11 is 0. The molecule has 2 aliphatic heterocycles. The number of benzene rings is 1. The van der Waals surface area contributed by atoms with Crippen LogP contribution in [-0.2, 0) is 4.79 Å². The molecule has 3 rings (SSSR count). The van der Waals surface area contributed by atoms with Crippen LogP contribution in [0, 0.1) is 5.41 Å². The number of rotatable bonds is 3. The minimum atomic E-state index is -0.710. The first-order valence-corrected chi connectivity index (χ1v) is 7.41. The van der Waals surface area contributed by atoms with Crippen molar-refractivity contribution in [2.75, 3.05) is 26.2 Å². The fourth-order valence-corrected chi connectivity index (χ4v) is 3.12. The summed E-state index contributed by atoms with van der Waals surface area (Å²) in [5.41, 5.74) is -0.647. The average Bonchev–Trinajstić information content (AvgIpc) is 2.47. The van der Waals surface area contributed by atoms with Gasteiger partial charge in [0.05, 0.1) is 5.41 Å². The number of hydrogen-bond donors (Lipinski definition) is 1. The van der Waals surface area contributed by atoms with Gasteiger partial charge in [0.1, 0.15) is 12.7 Å². The van der Waals surface area contributed by atoms with Gasteiger partial charge in [-0.15, -0.1) is 0 Å². The zero-order valence-corrected chi connectivity index (χ0v) is 13.2. The summed E-state index contributed by atoms with van der Waals surface area (Å²) in [6.07, 6.45) is 1.60. The van der Waals surface area contributed by atoms with Crippen LogP contribution in [0.3, 0.4) is 0 Å². The molecule has 2 atom stereocenters. The molecule has 1 saturated heterocycles. The Kier molecular flexibility index (Phi) is 5.44. The summed E-state index contributed by atoms with van der Waals surface area (Å²) < 4.78 is 11.7. The Hall–Kier alpha value is -1.15. The normalized spacial score (nSPS) is 27.8. The molecule has 0 aliphatic carbocycles. The van der Waals surface area contributed by atoms with Gasteiger partial charge in [0.15, 0.2) is 11.5 Å². The van der Waals surface area contributed by atoms with Crippen LogP contribution in [0.2, 0.25) is 0 Å². The van der Waals surface area contributed by atoms with E-state index in [2.05, 4.69) is 4.90 Å². The Morgan fingerprint density at radius 3 is 2.86 bits per heavy atom. The molecule has 0 unspecified atom stereocenters. The number of carboxylic acid groups (broad SMARTS) is 1. The Balaban J connectivity index is 0.00000176. The number of nitrogens with zero attached hydrogens (tertiary/aromatic N) is 1. The fraction of sp³-hybridized carbons (Fsp3) is 0.562. The van der Waals surface area contributed by atoms with E-state index in [0.717, 1.165) is 30.9 Å². The Morgan fingerprint density at radius 1 is 1.41 bits per heavy atom. The van der Waals surface area contributed by atoms with E-state index in [4.69, 9.17) is 9.47 Å². The van der Waals surface area contributed by atoms with Gasteiger partial charge in [-0.2, -0.15) is 0 Å². The first-order chi connectivity index (χ1) is 10.1. The number of carboxylic acids is 1. The van der Waals surface area contributed by atoms with Crippen molar-refractivity contribution < 1.29 is 19.4 Å². The maximum Gasteiger partial charge on any atom is 0.310 e. The van der Waals surface area contributed by atoms with Crippen molar-refractivity contribution in [1.82, 2.24) is 4.90 Å². The average molecular weight is 298 g/mol. The number of aliphatic carboxylic acids is 1. The second-order valence-electron chi connectivity index (χ2n) is 6.20. The molecular weight excluding hydrogens is 277 g/mol. The zero-order chi connectivity index (χ0) is 14.9. The maximum absolute atomic E-state index is 11.4. The minimum Gasteiger partial charge on any atom is -0.486 e. The SMILES string of the molecule is C[C@]1(C(=O)O)CCCN(C[C@H]2COc3ccccc3O2)C1.[Li]. The predicted octanol–water partition coefficient (Wildman–Crippen LogP) is 1.63. The Labute approximate surface area is 142 Å². The fourth-order valence-electron chi connectivity index (χ4n) is 3.12. The van der Waals surface area contributed by atoms with Gasteiger partial charge in [-0.25, -0.2) is 0 Å². The van der Waals surface area contributed by atoms with Crippen LogP contribution in [-0.4, -0.2) is 67.2 Å². The smallest absolute Gasteiger partial charge is 0.310 e. The topological polar surface area (TPSA) is 59.0 Å². The molecule has 22 heavy (non-hydrogen) atoms. The molecule has 1 N–H and O–H groups in total. The molecule has 0 aromatic heterocycles. The quantitative estimate of drug-likeness (QED) is 0.860. The Morgan fingerprint density at radius 2 is 2.14 bits per heavy atom. The Bertz CT molecular complexity index is 539. The molecule has 2 aliphatic rings. The van der Waals surface area contributed by atoms with E-state index in [-0.39, 0.29) is 25.0 Å². The molecule has 0 spiro atoms. The molecule has 0 saturated carbocycles. The van der Waals surface area contributed by atoms with E-state index in [9.17, 15) is 9.90 Å². The van der Waals surface area contributed by atoms with Gasteiger partial charge in [0.2, 0.25) is 0 Å². The van der Waals surface area contributed by atoms with Gasteiger partial charge < -0.3 is 14.6 Å². The van der Waals surface area contributed by atoms with E-state index in [1.165, 1.54) is 0 Å². The van der Waals surface area contributed by atoms with Crippen LogP contribution < -0.4 is 9.47 Å². The van der Waals surface area contributed by atoms with Gasteiger partial charge >= 0.3 is 5.97 Å². The standard InChI is InChI=1S/C16H21NO4.Li/c1-16(15(18)19)7-4-8-17(11-16)9-12-10-20-13-5-2-3-6-14(13)21-12;/h2-3,5-6,12H,4,7-11H2,1H3,(H,18,19);/t12-,16-;/m0./s1. The summed E-state index contributed by atoms with van der Waals surface area (Å²) in [6.45, 7) is 4.54. The van der Waals surface area contributed by atoms with Crippen molar-refractivity contribution >= 4 is 24.8 Å². The third-order valence-electron chi connectivity index (χ3n) is 4.32. The number of para-hydroxylation sites is 2. The van der Waals surface area contributed by atoms with Crippen molar-refractivity contribution in [2.24, 2.45) is 5.41 Å². The number of likely N-dealkylation sites (tertiary alicyclic amines) is 1. The third-order valence-corrected chi connectivity index (χ3v) is 4.32. The molecule has 5 nitrogen and oxygen atoms in total. The van der Waals surface area contributed by atoms with Gasteiger partial charge in [-0.3, -0.25) is 9.69 Å². The van der Waals surface area contributed by atoms with Crippen molar-refractivity contribution in [1.29, 1.82) is 0 Å². The molecule has 1 aromatic rings. The summed E-state index contributed by atoms with van der Waals surface area (Å²) in [4.78, 5) is 13.6. The molecule has 0 bridgehead atoms. The first-order valence-electron chi connectivity index (χ1n) is 7.41. The van der Waals surface area contributed by atoms with Crippen LogP contribution in [0.25, 0.3) is 0 Å². The van der Waals surface area contributed by atoms with Crippen LogP contribution in [0.15, 0.2) is 24.3 Å². The number of ether oxygens (including phenoxy) is 2. The summed E-state index contributed by atoms with van der Waals surface area (Å²) in [5, 5.41) is 9.37. The van der Waals surface area contributed by atoms with Crippen molar-refractivity contribution in [3.8, 4) is 11.5 Å². The van der Waals surface area contributed by atoms with Crippen molar-refractivity contribution in [3.05, 3.63) is 24.3 Å². The van der Waals surface area contributed by atoms with E-state index < -0.39 is 11.4 Å². The molecule has 1 radical (unpaired) electrons. The predicted molar refractivity (Wildman–Crippen MR) is 83.5 cm³/mol. The molecular formula is C16H21LiNO4. The third kappa shape index (κ3) is 3.60. The van der Waals surface area contributed by atoms with Crippen LogP contribution >= 0.6 is 0 Å². The maximum atomic E-state index is 11.4. The van der Waals surface area contributed by atoms with Crippen LogP contribution in [0.5, 0.6) is 11.5 Å². The first kappa shape index (κ1) is 17.2. The second-order valence-corrected chi connectivity index (χ2v) is 6.20. The second kappa shape index (κ2) is 6.95. The number of piperidine rings is 1. The molecule has 2 heterocycles. The molecule has 6 heteroatoms. The number of carbonyl (C=O) groups is 1. The number of fused-ring (bicyclic) bond motifs is 1. The largest absolute Gasteiger partial charge is 0.486 e. The molecule has 0 amide bonds. The van der Waals surface area contributed by atoms with Crippen molar-refractivity contribution in [3.63, 3.8) is 0 Å². The zero-order valence-electron chi connectivity index (χ0n) is 13.2. The van der Waals surface area contributed by atoms with E-state index >= 15 is 0 Å². The van der Waals surface area contributed by atoms with Gasteiger partial charge in [0.25, 0.3) is 0 Å².